The summed E-state index contributed by atoms with van der Waals surface area (Å²) in [4.78, 5) is 2.19. The van der Waals surface area contributed by atoms with Gasteiger partial charge in [-0.05, 0) is 35.1 Å². The minimum absolute atomic E-state index is 0. The molecular weight excluding hydrogens is 354 g/mol. The largest absolute Gasteiger partial charge is 0.378 e. The van der Waals surface area contributed by atoms with Crippen LogP contribution in [0.15, 0.2) is 84.9 Å². The van der Waals surface area contributed by atoms with Crippen molar-refractivity contribution in [2.24, 2.45) is 0 Å². The fraction of sp³-hybridized carbons (Fsp3) is 0.250. The molecule has 1 aliphatic rings. The topological polar surface area (TPSA) is 23.5 Å². The van der Waals surface area contributed by atoms with Crippen molar-refractivity contribution >= 4 is 12.4 Å². The first-order valence-corrected chi connectivity index (χ1v) is 9.39. The maximum atomic E-state index is 11.0. The Morgan fingerprint density at radius 3 is 2.07 bits per heavy atom. The number of hydrogen-bond acceptors (Lipinski definition) is 2. The van der Waals surface area contributed by atoms with Crippen LogP contribution in [0, 0.1) is 0 Å². The average molecular weight is 380 g/mol. The first kappa shape index (κ1) is 19.6. The molecule has 1 fully saturated rings. The lowest BCUT2D eigenvalue weighted by Gasteiger charge is -2.25. The number of rotatable bonds is 5. The van der Waals surface area contributed by atoms with E-state index in [1.807, 2.05) is 6.07 Å². The van der Waals surface area contributed by atoms with Gasteiger partial charge in [0.25, 0.3) is 0 Å². The Morgan fingerprint density at radius 2 is 1.37 bits per heavy atom. The Kier molecular flexibility index (Phi) is 6.68. The van der Waals surface area contributed by atoms with Crippen molar-refractivity contribution in [3.63, 3.8) is 0 Å². The summed E-state index contributed by atoms with van der Waals surface area (Å²) in [6.45, 7) is 1.74. The van der Waals surface area contributed by atoms with Gasteiger partial charge >= 0.3 is 0 Å². The average Bonchev–Trinajstić information content (AvgIpc) is 3.04. The van der Waals surface area contributed by atoms with Crippen molar-refractivity contribution in [3.05, 3.63) is 107 Å². The van der Waals surface area contributed by atoms with Gasteiger partial charge in [0.05, 0.1) is 0 Å². The number of likely N-dealkylation sites (tertiary alicyclic amines) is 1. The Bertz CT molecular complexity index is 837. The van der Waals surface area contributed by atoms with E-state index in [1.54, 1.807) is 0 Å². The molecule has 27 heavy (non-hydrogen) atoms. The minimum atomic E-state index is -0.424. The van der Waals surface area contributed by atoms with Gasteiger partial charge in [-0.25, -0.2) is 0 Å². The molecule has 2 unspecified atom stereocenters. The predicted molar refractivity (Wildman–Crippen MR) is 113 cm³/mol. The summed E-state index contributed by atoms with van der Waals surface area (Å²) in [5, 5.41) is 11.0. The van der Waals surface area contributed by atoms with E-state index in [-0.39, 0.29) is 18.3 Å². The normalized spacial score (nSPS) is 19.6. The van der Waals surface area contributed by atoms with Gasteiger partial charge in [-0.1, -0.05) is 84.9 Å². The third-order valence-electron chi connectivity index (χ3n) is 5.38. The number of benzene rings is 3. The molecule has 0 saturated carbocycles. The zero-order valence-electron chi connectivity index (χ0n) is 15.4. The van der Waals surface area contributed by atoms with E-state index >= 15 is 0 Å². The number of aliphatic hydroxyl groups excluding tert-OH is 1. The summed E-state index contributed by atoms with van der Waals surface area (Å²) in [6.07, 6.45) is 1.49. The molecule has 2 nitrogen and oxygen atoms in total. The summed E-state index contributed by atoms with van der Waals surface area (Å²) in [5.74, 6) is 0.179. The molecule has 140 valence electrons. The third-order valence-corrected chi connectivity index (χ3v) is 5.38. The first-order chi connectivity index (χ1) is 12.8. The van der Waals surface area contributed by atoms with E-state index < -0.39 is 6.23 Å². The minimum Gasteiger partial charge on any atom is -0.378 e. The summed E-state index contributed by atoms with van der Waals surface area (Å²) in [5.41, 5.74) is 5.18. The standard InChI is InChI=1S/C24H25NO.ClH/c26-24-23(15-16-25(24)18-20-11-5-2-6-12-20)22-14-8-7-13-21(22)17-19-9-3-1-4-10-19;/h1-14,23-24,26H,15-18H2;1H. The van der Waals surface area contributed by atoms with E-state index in [2.05, 4.69) is 83.8 Å². The van der Waals surface area contributed by atoms with Crippen molar-refractivity contribution in [2.45, 2.75) is 31.5 Å². The number of nitrogens with zero attached hydrogens (tertiary/aromatic N) is 1. The molecule has 1 aliphatic heterocycles. The molecular formula is C24H26ClNO. The van der Waals surface area contributed by atoms with Crippen LogP contribution in [0.4, 0.5) is 0 Å². The van der Waals surface area contributed by atoms with Gasteiger partial charge in [0.1, 0.15) is 6.23 Å². The predicted octanol–water partition coefficient (Wildman–Crippen LogP) is 5.01. The highest BCUT2D eigenvalue weighted by atomic mass is 35.5. The number of aliphatic hydroxyl groups is 1. The van der Waals surface area contributed by atoms with Gasteiger partial charge in [0.15, 0.2) is 0 Å². The van der Waals surface area contributed by atoms with E-state index in [1.165, 1.54) is 22.3 Å². The van der Waals surface area contributed by atoms with Crippen LogP contribution in [0.25, 0.3) is 0 Å². The molecule has 0 aromatic heterocycles. The Hall–Kier alpha value is -2.13. The van der Waals surface area contributed by atoms with Gasteiger partial charge in [0.2, 0.25) is 0 Å². The van der Waals surface area contributed by atoms with Crippen LogP contribution in [-0.4, -0.2) is 22.8 Å². The highest BCUT2D eigenvalue weighted by Gasteiger charge is 2.34. The highest BCUT2D eigenvalue weighted by Crippen LogP contribution is 2.35. The van der Waals surface area contributed by atoms with E-state index in [0.717, 1.165) is 25.9 Å². The molecule has 2 atom stereocenters. The second kappa shape index (κ2) is 9.18. The lowest BCUT2D eigenvalue weighted by atomic mass is 9.89. The Balaban J connectivity index is 0.00000210. The van der Waals surface area contributed by atoms with Crippen molar-refractivity contribution < 1.29 is 5.11 Å². The maximum absolute atomic E-state index is 11.0. The number of hydrogen-bond donors (Lipinski definition) is 1. The summed E-state index contributed by atoms with van der Waals surface area (Å²) >= 11 is 0. The van der Waals surface area contributed by atoms with Crippen molar-refractivity contribution in [1.29, 1.82) is 0 Å². The molecule has 1 saturated heterocycles. The van der Waals surface area contributed by atoms with Crippen LogP contribution in [0.5, 0.6) is 0 Å². The molecule has 4 rings (SSSR count). The van der Waals surface area contributed by atoms with Crippen LogP contribution in [0.3, 0.4) is 0 Å². The Labute approximate surface area is 167 Å². The molecule has 0 spiro atoms. The van der Waals surface area contributed by atoms with E-state index in [9.17, 15) is 5.11 Å². The van der Waals surface area contributed by atoms with Crippen molar-refractivity contribution in [1.82, 2.24) is 4.90 Å². The second-order valence-corrected chi connectivity index (χ2v) is 7.13. The van der Waals surface area contributed by atoms with Crippen LogP contribution < -0.4 is 0 Å². The fourth-order valence-corrected chi connectivity index (χ4v) is 4.02. The summed E-state index contributed by atoms with van der Waals surface area (Å²) in [6, 6.07) is 29.6. The lowest BCUT2D eigenvalue weighted by Crippen LogP contribution is -2.31. The number of halogens is 1. The molecule has 3 heteroatoms. The van der Waals surface area contributed by atoms with Crippen LogP contribution in [0.1, 0.15) is 34.6 Å². The molecule has 0 aliphatic carbocycles. The highest BCUT2D eigenvalue weighted by molar-refractivity contribution is 5.85. The zero-order chi connectivity index (χ0) is 17.8. The van der Waals surface area contributed by atoms with Crippen LogP contribution in [0.2, 0.25) is 0 Å². The zero-order valence-corrected chi connectivity index (χ0v) is 16.2. The molecule has 0 bridgehead atoms. The molecule has 3 aromatic carbocycles. The summed E-state index contributed by atoms with van der Waals surface area (Å²) < 4.78 is 0. The molecule has 0 radical (unpaired) electrons. The SMILES string of the molecule is Cl.OC1C(c2ccccc2Cc2ccccc2)CCN1Cc1ccccc1. The summed E-state index contributed by atoms with van der Waals surface area (Å²) in [7, 11) is 0. The third kappa shape index (κ3) is 4.59. The van der Waals surface area contributed by atoms with E-state index in [0.29, 0.717) is 0 Å². The molecule has 3 aromatic rings. The molecule has 1 N–H and O–H groups in total. The van der Waals surface area contributed by atoms with Gasteiger partial charge in [0, 0.05) is 19.0 Å². The van der Waals surface area contributed by atoms with Crippen LogP contribution >= 0.6 is 12.4 Å². The fourth-order valence-electron chi connectivity index (χ4n) is 4.02. The molecule has 0 amide bonds. The smallest absolute Gasteiger partial charge is 0.114 e. The first-order valence-electron chi connectivity index (χ1n) is 9.39. The van der Waals surface area contributed by atoms with Crippen molar-refractivity contribution in [2.75, 3.05) is 6.54 Å². The van der Waals surface area contributed by atoms with E-state index in [4.69, 9.17) is 0 Å². The Morgan fingerprint density at radius 1 is 0.778 bits per heavy atom. The second-order valence-electron chi connectivity index (χ2n) is 7.13. The lowest BCUT2D eigenvalue weighted by molar-refractivity contribution is 0.0212. The monoisotopic (exact) mass is 379 g/mol. The molecule has 1 heterocycles. The van der Waals surface area contributed by atoms with Crippen LogP contribution in [-0.2, 0) is 13.0 Å². The quantitative estimate of drug-likeness (QED) is 0.673. The van der Waals surface area contributed by atoms with Crippen molar-refractivity contribution in [3.8, 4) is 0 Å². The maximum Gasteiger partial charge on any atom is 0.114 e. The van der Waals surface area contributed by atoms with Gasteiger partial charge < -0.3 is 5.11 Å². The van der Waals surface area contributed by atoms with Gasteiger partial charge in [-0.2, -0.15) is 0 Å². The van der Waals surface area contributed by atoms with Gasteiger partial charge in [-0.15, -0.1) is 12.4 Å². The van der Waals surface area contributed by atoms with Gasteiger partial charge in [-0.3, -0.25) is 4.90 Å².